The third kappa shape index (κ3) is 6.24. The number of sulfonamides is 1. The molecule has 1 rings (SSSR count). The summed E-state index contributed by atoms with van der Waals surface area (Å²) in [6, 6.07) is -0.183. The highest BCUT2D eigenvalue weighted by Gasteiger charge is 2.28. The van der Waals surface area contributed by atoms with E-state index in [2.05, 4.69) is 9.71 Å². The minimum absolute atomic E-state index is 0.121. The van der Waals surface area contributed by atoms with Crippen molar-refractivity contribution in [1.29, 1.82) is 0 Å². The molecule has 1 unspecified atom stereocenters. The molecule has 0 bridgehead atoms. The molecule has 116 valence electrons. The molecule has 7 heteroatoms. The van der Waals surface area contributed by atoms with Gasteiger partial charge >= 0.3 is 0 Å². The molecule has 1 N–H and O–H groups in total. The topological polar surface area (TPSA) is 64.0 Å². The van der Waals surface area contributed by atoms with E-state index in [1.807, 2.05) is 31.5 Å². The molecule has 0 aliphatic carbocycles. The first-order valence-electron chi connectivity index (χ1n) is 6.76. The number of rotatable bonds is 8. The molecule has 5 nitrogen and oxygen atoms in total. The Morgan fingerprint density at radius 2 is 2.05 bits per heavy atom. The van der Waals surface area contributed by atoms with Crippen LogP contribution in [-0.2, 0) is 16.6 Å². The van der Waals surface area contributed by atoms with Gasteiger partial charge < -0.3 is 4.57 Å². The lowest BCUT2D eigenvalue weighted by molar-refractivity contribution is 0.270. The number of hydrogen-bond acceptors (Lipinski definition) is 3. The summed E-state index contributed by atoms with van der Waals surface area (Å²) in [6.07, 6.45) is 6.51. The standard InChI is InChI=1S/C13H24ClN3O2S/c1-13(2,3)12(10-17-8-7-15-11-17)16-20(18,19)9-5-4-6-14/h7-8,11-12,16H,4-6,9-10H2,1-3H3. The molecule has 0 aliphatic heterocycles. The highest BCUT2D eigenvalue weighted by Crippen LogP contribution is 2.21. The van der Waals surface area contributed by atoms with E-state index in [1.165, 1.54) is 0 Å². The molecule has 1 atom stereocenters. The van der Waals surface area contributed by atoms with Crippen LogP contribution in [0.4, 0.5) is 0 Å². The minimum Gasteiger partial charge on any atom is -0.336 e. The van der Waals surface area contributed by atoms with Crippen molar-refractivity contribution in [1.82, 2.24) is 14.3 Å². The molecule has 1 aromatic rings. The van der Waals surface area contributed by atoms with Crippen LogP contribution in [0.1, 0.15) is 33.6 Å². The predicted octanol–water partition coefficient (Wildman–Crippen LogP) is 2.24. The van der Waals surface area contributed by atoms with Gasteiger partial charge in [0.05, 0.1) is 12.1 Å². The normalized spacial score (nSPS) is 14.4. The Balaban J connectivity index is 2.70. The molecular weight excluding hydrogens is 298 g/mol. The number of imidazole rings is 1. The fourth-order valence-corrected chi connectivity index (χ4v) is 3.51. The van der Waals surface area contributed by atoms with Crippen molar-refractivity contribution in [3.8, 4) is 0 Å². The summed E-state index contributed by atoms with van der Waals surface area (Å²) in [5.74, 6) is 0.615. The molecule has 0 aromatic carbocycles. The maximum atomic E-state index is 12.1. The van der Waals surface area contributed by atoms with Gasteiger partial charge in [-0.25, -0.2) is 18.1 Å². The highest BCUT2D eigenvalue weighted by atomic mass is 35.5. The quantitative estimate of drug-likeness (QED) is 0.590. The lowest BCUT2D eigenvalue weighted by atomic mass is 9.87. The van der Waals surface area contributed by atoms with E-state index in [1.54, 1.807) is 12.5 Å². The summed E-state index contributed by atoms with van der Waals surface area (Å²) < 4.78 is 28.9. The van der Waals surface area contributed by atoms with Gasteiger partial charge in [0.15, 0.2) is 0 Å². The fourth-order valence-electron chi connectivity index (χ4n) is 1.76. The van der Waals surface area contributed by atoms with E-state index in [4.69, 9.17) is 11.6 Å². The summed E-state index contributed by atoms with van der Waals surface area (Å²) in [5, 5.41) is 0. The zero-order valence-corrected chi connectivity index (χ0v) is 13.9. The Morgan fingerprint density at radius 1 is 1.35 bits per heavy atom. The SMILES string of the molecule is CC(C)(C)C(Cn1ccnc1)NS(=O)(=O)CCCCCl. The maximum absolute atomic E-state index is 12.1. The van der Waals surface area contributed by atoms with Crippen LogP contribution < -0.4 is 4.72 Å². The Kier molecular flexibility index (Phi) is 6.48. The lowest BCUT2D eigenvalue weighted by Gasteiger charge is -2.31. The van der Waals surface area contributed by atoms with E-state index < -0.39 is 10.0 Å². The first kappa shape index (κ1) is 17.5. The van der Waals surface area contributed by atoms with Crippen molar-refractivity contribution in [3.63, 3.8) is 0 Å². The Hall–Kier alpha value is -0.590. The van der Waals surface area contributed by atoms with E-state index in [9.17, 15) is 8.42 Å². The molecule has 0 saturated heterocycles. The van der Waals surface area contributed by atoms with Crippen molar-refractivity contribution in [3.05, 3.63) is 18.7 Å². The molecular formula is C13H24ClN3O2S. The van der Waals surface area contributed by atoms with Gasteiger partial charge in [0.1, 0.15) is 0 Å². The number of halogens is 1. The van der Waals surface area contributed by atoms with Crippen molar-refractivity contribution in [2.24, 2.45) is 5.41 Å². The molecule has 0 amide bonds. The maximum Gasteiger partial charge on any atom is 0.211 e. The number of aromatic nitrogens is 2. The van der Waals surface area contributed by atoms with Gasteiger partial charge in [-0.15, -0.1) is 11.6 Å². The van der Waals surface area contributed by atoms with Gasteiger partial charge in [-0.2, -0.15) is 0 Å². The van der Waals surface area contributed by atoms with Crippen molar-refractivity contribution >= 4 is 21.6 Å². The molecule has 1 aromatic heterocycles. The number of hydrogen-bond donors (Lipinski definition) is 1. The zero-order chi connectivity index (χ0) is 15.2. The third-order valence-corrected chi connectivity index (χ3v) is 4.85. The average molecular weight is 322 g/mol. The predicted molar refractivity (Wildman–Crippen MR) is 82.3 cm³/mol. The molecule has 0 spiro atoms. The summed E-state index contributed by atoms with van der Waals surface area (Å²) in [4.78, 5) is 3.99. The van der Waals surface area contributed by atoms with Crippen LogP contribution in [-0.4, -0.2) is 35.6 Å². The Bertz CT molecular complexity index is 480. The molecule has 1 heterocycles. The van der Waals surface area contributed by atoms with Crippen molar-refractivity contribution in [2.45, 2.75) is 46.2 Å². The van der Waals surface area contributed by atoms with E-state index in [-0.39, 0.29) is 17.2 Å². The number of nitrogens with one attached hydrogen (secondary N) is 1. The van der Waals surface area contributed by atoms with Gasteiger partial charge in [0.25, 0.3) is 0 Å². The van der Waals surface area contributed by atoms with Crippen molar-refractivity contribution in [2.75, 3.05) is 11.6 Å². The van der Waals surface area contributed by atoms with E-state index >= 15 is 0 Å². The lowest BCUT2D eigenvalue weighted by Crippen LogP contribution is -2.47. The van der Waals surface area contributed by atoms with Gasteiger partial charge in [0.2, 0.25) is 10.0 Å². The minimum atomic E-state index is -3.28. The van der Waals surface area contributed by atoms with Gasteiger partial charge in [0, 0.05) is 30.9 Å². The van der Waals surface area contributed by atoms with Crippen LogP contribution in [0.15, 0.2) is 18.7 Å². The molecule has 20 heavy (non-hydrogen) atoms. The van der Waals surface area contributed by atoms with Crippen LogP contribution in [0.5, 0.6) is 0 Å². The first-order chi connectivity index (χ1) is 9.24. The summed E-state index contributed by atoms with van der Waals surface area (Å²) in [6.45, 7) is 6.64. The third-order valence-electron chi connectivity index (χ3n) is 3.12. The second-order valence-electron chi connectivity index (χ2n) is 6.01. The summed E-state index contributed by atoms with van der Waals surface area (Å²) in [5.41, 5.74) is -0.177. The van der Waals surface area contributed by atoms with Crippen LogP contribution in [0.3, 0.4) is 0 Å². The first-order valence-corrected chi connectivity index (χ1v) is 8.95. The second-order valence-corrected chi connectivity index (χ2v) is 8.26. The molecule has 0 saturated carbocycles. The largest absolute Gasteiger partial charge is 0.336 e. The Morgan fingerprint density at radius 3 is 2.55 bits per heavy atom. The molecule has 0 fully saturated rings. The fraction of sp³-hybridized carbons (Fsp3) is 0.769. The van der Waals surface area contributed by atoms with Gasteiger partial charge in [-0.1, -0.05) is 20.8 Å². The molecule has 0 radical (unpaired) electrons. The van der Waals surface area contributed by atoms with Crippen molar-refractivity contribution < 1.29 is 8.42 Å². The van der Waals surface area contributed by atoms with Gasteiger partial charge in [-0.3, -0.25) is 0 Å². The average Bonchev–Trinajstić information content (AvgIpc) is 2.79. The molecule has 0 aliphatic rings. The second kappa shape index (κ2) is 7.43. The summed E-state index contributed by atoms with van der Waals surface area (Å²) >= 11 is 5.58. The van der Waals surface area contributed by atoms with Gasteiger partial charge in [-0.05, 0) is 18.3 Å². The highest BCUT2D eigenvalue weighted by molar-refractivity contribution is 7.89. The van der Waals surface area contributed by atoms with E-state index in [0.717, 1.165) is 0 Å². The monoisotopic (exact) mass is 321 g/mol. The van der Waals surface area contributed by atoms with Crippen LogP contribution >= 0.6 is 11.6 Å². The smallest absolute Gasteiger partial charge is 0.211 e. The summed E-state index contributed by atoms with van der Waals surface area (Å²) in [7, 11) is -3.28. The van der Waals surface area contributed by atoms with Crippen LogP contribution in [0.2, 0.25) is 0 Å². The van der Waals surface area contributed by atoms with Crippen LogP contribution in [0.25, 0.3) is 0 Å². The number of nitrogens with zero attached hydrogens (tertiary/aromatic N) is 2. The number of unbranched alkanes of at least 4 members (excludes halogenated alkanes) is 1. The van der Waals surface area contributed by atoms with Crippen LogP contribution in [0, 0.1) is 5.41 Å². The van der Waals surface area contributed by atoms with E-state index in [0.29, 0.717) is 25.3 Å². The Labute approximate surface area is 126 Å². The number of alkyl halides is 1. The zero-order valence-electron chi connectivity index (χ0n) is 12.3.